The topological polar surface area (TPSA) is 157 Å². The summed E-state index contributed by atoms with van der Waals surface area (Å²) in [5.41, 5.74) is 9.38. The van der Waals surface area contributed by atoms with E-state index in [4.69, 9.17) is 29.4 Å². The van der Waals surface area contributed by atoms with Crippen molar-refractivity contribution in [1.29, 1.82) is 0 Å². The van der Waals surface area contributed by atoms with Gasteiger partial charge in [-0.1, -0.05) is 56.7 Å². The van der Waals surface area contributed by atoms with Gasteiger partial charge >= 0.3 is 5.97 Å². The summed E-state index contributed by atoms with van der Waals surface area (Å²) >= 11 is 0. The normalized spacial score (nSPS) is 34.0. The zero-order valence-electron chi connectivity index (χ0n) is 32.4. The second-order valence-corrected chi connectivity index (χ2v) is 15.2. The van der Waals surface area contributed by atoms with Crippen LogP contribution in [0.15, 0.2) is 42.1 Å². The van der Waals surface area contributed by atoms with Gasteiger partial charge in [0, 0.05) is 56.7 Å². The van der Waals surface area contributed by atoms with E-state index in [0.717, 1.165) is 36.1 Å². The number of esters is 1. The molecule has 3 heterocycles. The quantitative estimate of drug-likeness (QED) is 0.168. The van der Waals surface area contributed by atoms with Crippen molar-refractivity contribution in [3.63, 3.8) is 0 Å². The number of aliphatic hydroxyl groups is 1. The summed E-state index contributed by atoms with van der Waals surface area (Å²) in [6.07, 6.45) is 4.63. The fraction of sp³-hybridized carbons (Fsp3) is 0.700. The number of aryl methyl sites for hydroxylation is 1. The second-order valence-electron chi connectivity index (χ2n) is 15.2. The van der Waals surface area contributed by atoms with Gasteiger partial charge in [-0.2, -0.15) is 0 Å². The van der Waals surface area contributed by atoms with E-state index in [2.05, 4.69) is 30.2 Å². The van der Waals surface area contributed by atoms with Gasteiger partial charge in [-0.05, 0) is 75.8 Å². The van der Waals surface area contributed by atoms with Crippen LogP contribution in [0.2, 0.25) is 0 Å². The minimum absolute atomic E-state index is 0.0118. The number of cyclic esters (lactones) is 1. The summed E-state index contributed by atoms with van der Waals surface area (Å²) in [4.78, 5) is 27.0. The van der Waals surface area contributed by atoms with Crippen LogP contribution < -0.4 is 5.73 Å². The Morgan fingerprint density at radius 1 is 1.06 bits per heavy atom. The highest BCUT2D eigenvalue weighted by Gasteiger charge is 2.45. The number of nitrogens with zero attached hydrogens (tertiary/aromatic N) is 3. The first-order chi connectivity index (χ1) is 24.8. The lowest BCUT2D eigenvalue weighted by Crippen LogP contribution is -2.59. The Hall–Kier alpha value is -3.16. The maximum Gasteiger partial charge on any atom is 0.306 e. The number of benzene rings is 1. The lowest BCUT2D eigenvalue weighted by Gasteiger charge is -2.42. The molecule has 11 atom stereocenters. The van der Waals surface area contributed by atoms with E-state index >= 15 is 0 Å². The Morgan fingerprint density at radius 3 is 2.50 bits per heavy atom. The molecule has 2 aliphatic rings. The summed E-state index contributed by atoms with van der Waals surface area (Å²) in [5.74, 6) is 0.138. The summed E-state index contributed by atoms with van der Waals surface area (Å²) in [6.45, 7) is 13.0. The Morgan fingerprint density at radius 2 is 1.81 bits per heavy atom. The molecule has 1 aromatic carbocycles. The van der Waals surface area contributed by atoms with Gasteiger partial charge < -0.3 is 34.5 Å². The number of carbonyl (C=O) groups is 2. The van der Waals surface area contributed by atoms with Crippen LogP contribution in [0, 0.1) is 29.6 Å². The molecule has 290 valence electrons. The SMILES string of the molecule is CC[C@H]1OC(=O)CC[C@H](C)C[C@@H](CCn2cc(-c3cccc(N)c3)nn2)C[C@@H](C)C(=O)CC(C)/C(C)=C/[C@@H]1CO[C@@H]1OC(C)[C@@H](O)[C@H](OC)C1OC. The highest BCUT2D eigenvalue weighted by molar-refractivity contribution is 5.81. The van der Waals surface area contributed by atoms with Crippen LogP contribution >= 0.6 is 0 Å². The van der Waals surface area contributed by atoms with Crippen molar-refractivity contribution in [1.82, 2.24) is 15.0 Å². The molecular weight excluding hydrogens is 664 g/mol. The smallest absolute Gasteiger partial charge is 0.306 e. The summed E-state index contributed by atoms with van der Waals surface area (Å²) in [6, 6.07) is 7.60. The molecule has 2 aliphatic heterocycles. The minimum Gasteiger partial charge on any atom is -0.462 e. The first-order valence-corrected chi connectivity index (χ1v) is 19.0. The van der Waals surface area contributed by atoms with E-state index in [1.807, 2.05) is 55.9 Å². The predicted octanol–water partition coefficient (Wildman–Crippen LogP) is 6.01. The summed E-state index contributed by atoms with van der Waals surface area (Å²) in [7, 11) is 3.06. The molecule has 0 aliphatic carbocycles. The van der Waals surface area contributed by atoms with Crippen molar-refractivity contribution in [2.24, 2.45) is 29.6 Å². The lowest BCUT2D eigenvalue weighted by atomic mass is 9.81. The van der Waals surface area contributed by atoms with Crippen LogP contribution in [-0.4, -0.2) is 89.5 Å². The maximum atomic E-state index is 13.7. The summed E-state index contributed by atoms with van der Waals surface area (Å²) < 4.78 is 31.5. The van der Waals surface area contributed by atoms with Crippen molar-refractivity contribution < 1.29 is 38.4 Å². The first kappa shape index (κ1) is 41.6. The maximum absolute atomic E-state index is 13.7. The number of rotatable bonds is 10. The molecule has 0 amide bonds. The number of nitrogens with two attached hydrogens (primary N) is 1. The Kier molecular flexibility index (Phi) is 15.8. The Labute approximate surface area is 309 Å². The van der Waals surface area contributed by atoms with Gasteiger partial charge in [-0.3, -0.25) is 14.3 Å². The number of carbonyl (C=O) groups excluding carboxylic acids is 2. The van der Waals surface area contributed by atoms with Gasteiger partial charge in [0.1, 0.15) is 35.9 Å². The molecule has 0 spiro atoms. The van der Waals surface area contributed by atoms with E-state index in [1.165, 1.54) is 14.2 Å². The summed E-state index contributed by atoms with van der Waals surface area (Å²) in [5, 5.41) is 19.3. The van der Waals surface area contributed by atoms with Crippen molar-refractivity contribution >= 4 is 17.4 Å². The predicted molar refractivity (Wildman–Crippen MR) is 199 cm³/mol. The average molecular weight is 727 g/mol. The molecule has 0 radical (unpaired) electrons. The zero-order valence-corrected chi connectivity index (χ0v) is 32.4. The van der Waals surface area contributed by atoms with Gasteiger partial charge in [0.05, 0.1) is 18.9 Å². The third-order valence-corrected chi connectivity index (χ3v) is 11.0. The first-order valence-electron chi connectivity index (χ1n) is 19.0. The highest BCUT2D eigenvalue weighted by atomic mass is 16.7. The largest absolute Gasteiger partial charge is 0.462 e. The molecule has 3 N–H and O–H groups in total. The van der Waals surface area contributed by atoms with Crippen LogP contribution in [0.5, 0.6) is 0 Å². The monoisotopic (exact) mass is 726 g/mol. The fourth-order valence-corrected chi connectivity index (χ4v) is 7.54. The number of Topliss-reactive ketones (excluding diaryl/α,β-unsaturated/α-hetero) is 1. The number of ketones is 1. The van der Waals surface area contributed by atoms with Crippen molar-refractivity contribution in [2.75, 3.05) is 26.6 Å². The number of hydrogen-bond acceptors (Lipinski definition) is 11. The molecule has 1 saturated heterocycles. The molecule has 12 heteroatoms. The fourth-order valence-electron chi connectivity index (χ4n) is 7.54. The second kappa shape index (κ2) is 19.8. The van der Waals surface area contributed by atoms with E-state index in [0.29, 0.717) is 37.9 Å². The van der Waals surface area contributed by atoms with Gasteiger partial charge in [-0.15, -0.1) is 5.10 Å². The number of aromatic nitrogens is 3. The molecule has 2 aromatic rings. The van der Waals surface area contributed by atoms with Gasteiger partial charge in [0.2, 0.25) is 0 Å². The molecule has 0 bridgehead atoms. The molecule has 3 unspecified atom stereocenters. The van der Waals surface area contributed by atoms with Crippen LogP contribution in [0.1, 0.15) is 86.5 Å². The number of hydrogen-bond donors (Lipinski definition) is 2. The van der Waals surface area contributed by atoms with E-state index in [-0.39, 0.29) is 47.9 Å². The lowest BCUT2D eigenvalue weighted by molar-refractivity contribution is -0.304. The van der Waals surface area contributed by atoms with Gasteiger partial charge in [0.15, 0.2) is 6.29 Å². The third kappa shape index (κ3) is 11.4. The molecule has 52 heavy (non-hydrogen) atoms. The molecular formula is C40H62N4O8. The van der Waals surface area contributed by atoms with Crippen molar-refractivity contribution in [3.8, 4) is 11.3 Å². The number of ether oxygens (including phenoxy) is 5. The molecule has 12 nitrogen and oxygen atoms in total. The molecule has 1 aromatic heterocycles. The van der Waals surface area contributed by atoms with Gasteiger partial charge in [-0.25, -0.2) is 0 Å². The van der Waals surface area contributed by atoms with Crippen molar-refractivity contribution in [3.05, 3.63) is 42.1 Å². The number of anilines is 1. The average Bonchev–Trinajstić information content (AvgIpc) is 3.60. The standard InChI is InChI=1S/C40H62N4O8/c1-9-35-31(23-50-40-39(49-8)38(48-7)37(47)28(6)51-40)19-25(3)26(4)20-34(45)27(5)18-29(17-24(2)13-14-36(46)52-35)15-16-44-22-33(42-43-44)30-11-10-12-32(41)21-30/h10-12,19,21-22,24,26-29,31,35,37-40,47H,9,13-18,20,23,41H2,1-8H3/b25-19+/t24-,26?,27+,28?,29+,31+,35+,37+,38-,39?,40+/m0/s1. The molecule has 0 saturated carbocycles. The third-order valence-electron chi connectivity index (χ3n) is 11.0. The van der Waals surface area contributed by atoms with E-state index in [1.54, 1.807) is 6.92 Å². The highest BCUT2D eigenvalue weighted by Crippen LogP contribution is 2.32. The minimum atomic E-state index is -0.870. The number of methoxy groups -OCH3 is 2. The number of allylic oxidation sites excluding steroid dienone is 1. The van der Waals surface area contributed by atoms with E-state index in [9.17, 15) is 14.7 Å². The van der Waals surface area contributed by atoms with Crippen LogP contribution in [0.3, 0.4) is 0 Å². The number of aliphatic hydroxyl groups excluding tert-OH is 1. The zero-order chi connectivity index (χ0) is 37.9. The van der Waals surface area contributed by atoms with Crippen molar-refractivity contribution in [2.45, 2.75) is 130 Å². The molecule has 4 rings (SSSR count). The Bertz CT molecular complexity index is 1460. The van der Waals surface area contributed by atoms with E-state index < -0.39 is 36.8 Å². The number of nitrogen functional groups attached to an aromatic ring is 1. The molecule has 1 fully saturated rings. The van der Waals surface area contributed by atoms with Gasteiger partial charge in [0.25, 0.3) is 0 Å². The van der Waals surface area contributed by atoms with Crippen LogP contribution in [0.4, 0.5) is 5.69 Å². The Balaban J connectivity index is 1.48. The van der Waals surface area contributed by atoms with Crippen LogP contribution in [-0.2, 0) is 39.8 Å². The van der Waals surface area contributed by atoms with Crippen LogP contribution in [0.25, 0.3) is 11.3 Å².